The highest BCUT2D eigenvalue weighted by Gasteiger charge is 2.28. The molecule has 3 rings (SSSR count). The van der Waals surface area contributed by atoms with Gasteiger partial charge in [0.05, 0.1) is 6.10 Å². The van der Waals surface area contributed by atoms with E-state index in [1.165, 1.54) is 32.4 Å². The molecule has 2 aliphatic rings. The van der Waals surface area contributed by atoms with Crippen LogP contribution >= 0.6 is 0 Å². The summed E-state index contributed by atoms with van der Waals surface area (Å²) in [4.78, 5) is 7.36. The highest BCUT2D eigenvalue weighted by atomic mass is 16.5. The maximum absolute atomic E-state index is 5.75. The third-order valence-electron chi connectivity index (χ3n) is 5.98. The zero-order valence-corrected chi connectivity index (χ0v) is 18.0. The molecule has 0 amide bonds. The van der Waals surface area contributed by atoms with Gasteiger partial charge in [0.15, 0.2) is 11.8 Å². The van der Waals surface area contributed by atoms with E-state index in [4.69, 9.17) is 9.73 Å². The third-order valence-corrected chi connectivity index (χ3v) is 5.98. The quantitative estimate of drug-likeness (QED) is 0.543. The van der Waals surface area contributed by atoms with Gasteiger partial charge in [-0.05, 0) is 59.5 Å². The van der Waals surface area contributed by atoms with Crippen molar-refractivity contribution >= 4 is 5.96 Å². The van der Waals surface area contributed by atoms with Crippen molar-refractivity contribution in [1.82, 2.24) is 30.3 Å². The molecule has 2 fully saturated rings. The number of aromatic nitrogens is 3. The van der Waals surface area contributed by atoms with Crippen molar-refractivity contribution in [3.63, 3.8) is 0 Å². The minimum atomic E-state index is 0.0914. The molecular formula is C20H37N7O. The Kier molecular flexibility index (Phi) is 7.29. The minimum absolute atomic E-state index is 0.0914. The van der Waals surface area contributed by atoms with Gasteiger partial charge in [-0.2, -0.15) is 0 Å². The molecule has 0 radical (unpaired) electrons. The summed E-state index contributed by atoms with van der Waals surface area (Å²) in [6, 6.07) is 0. The van der Waals surface area contributed by atoms with Crippen molar-refractivity contribution in [2.75, 3.05) is 32.8 Å². The molecule has 0 spiro atoms. The van der Waals surface area contributed by atoms with Gasteiger partial charge in [-0.1, -0.05) is 6.42 Å². The van der Waals surface area contributed by atoms with Crippen molar-refractivity contribution in [1.29, 1.82) is 0 Å². The summed E-state index contributed by atoms with van der Waals surface area (Å²) >= 11 is 0. The SMILES string of the molecule is Cc1nnc(CN=C(NCC2CCCO2)NCC(C)(C)N2CCCCC2)n1C. The number of nitrogens with zero attached hydrogens (tertiary/aromatic N) is 5. The van der Waals surface area contributed by atoms with Crippen LogP contribution in [0.1, 0.15) is 57.6 Å². The molecule has 0 bridgehead atoms. The summed E-state index contributed by atoms with van der Waals surface area (Å²) in [7, 11) is 1.98. The van der Waals surface area contributed by atoms with Crippen LogP contribution in [0.3, 0.4) is 0 Å². The minimum Gasteiger partial charge on any atom is -0.376 e. The van der Waals surface area contributed by atoms with E-state index in [1.807, 2.05) is 18.5 Å². The Bertz CT molecular complexity index is 643. The van der Waals surface area contributed by atoms with Gasteiger partial charge in [0, 0.05) is 32.3 Å². The number of rotatable bonds is 7. The fraction of sp³-hybridized carbons (Fsp3) is 0.850. The molecule has 1 unspecified atom stereocenters. The van der Waals surface area contributed by atoms with Crippen LogP contribution < -0.4 is 10.6 Å². The van der Waals surface area contributed by atoms with E-state index in [9.17, 15) is 0 Å². The Labute approximate surface area is 169 Å². The summed E-state index contributed by atoms with van der Waals surface area (Å²) in [5, 5.41) is 15.4. The maximum atomic E-state index is 5.75. The van der Waals surface area contributed by atoms with Crippen molar-refractivity contribution in [3.8, 4) is 0 Å². The largest absolute Gasteiger partial charge is 0.376 e. The summed E-state index contributed by atoms with van der Waals surface area (Å²) in [6.07, 6.45) is 6.49. The van der Waals surface area contributed by atoms with E-state index >= 15 is 0 Å². The van der Waals surface area contributed by atoms with Crippen LogP contribution in [-0.2, 0) is 18.3 Å². The predicted molar refractivity (Wildman–Crippen MR) is 111 cm³/mol. The lowest BCUT2D eigenvalue weighted by atomic mass is 9.98. The third kappa shape index (κ3) is 5.67. The number of piperidine rings is 1. The van der Waals surface area contributed by atoms with Crippen molar-refractivity contribution in [3.05, 3.63) is 11.6 Å². The zero-order chi connectivity index (χ0) is 20.0. The number of hydrogen-bond donors (Lipinski definition) is 2. The summed E-state index contributed by atoms with van der Waals surface area (Å²) in [5.74, 6) is 2.59. The van der Waals surface area contributed by atoms with Crippen LogP contribution in [0.25, 0.3) is 0 Å². The Balaban J connectivity index is 1.60. The average Bonchev–Trinajstić information content (AvgIpc) is 3.33. The Morgan fingerprint density at radius 2 is 1.96 bits per heavy atom. The first kappa shape index (κ1) is 21.0. The van der Waals surface area contributed by atoms with Crippen LogP contribution in [0.4, 0.5) is 0 Å². The van der Waals surface area contributed by atoms with Gasteiger partial charge in [-0.25, -0.2) is 4.99 Å². The second-order valence-electron chi connectivity index (χ2n) is 8.62. The van der Waals surface area contributed by atoms with Gasteiger partial charge in [-0.15, -0.1) is 10.2 Å². The van der Waals surface area contributed by atoms with E-state index in [-0.39, 0.29) is 11.6 Å². The highest BCUT2D eigenvalue weighted by Crippen LogP contribution is 2.19. The molecule has 28 heavy (non-hydrogen) atoms. The average molecular weight is 392 g/mol. The Morgan fingerprint density at radius 3 is 2.61 bits per heavy atom. The lowest BCUT2D eigenvalue weighted by molar-refractivity contribution is 0.0977. The van der Waals surface area contributed by atoms with Gasteiger partial charge in [0.1, 0.15) is 12.4 Å². The van der Waals surface area contributed by atoms with E-state index in [0.717, 1.165) is 50.1 Å². The number of hydrogen-bond acceptors (Lipinski definition) is 5. The molecule has 0 aliphatic carbocycles. The molecule has 8 nitrogen and oxygen atoms in total. The molecule has 3 heterocycles. The lowest BCUT2D eigenvalue weighted by Gasteiger charge is -2.41. The normalized spacial score (nSPS) is 21.9. The second kappa shape index (κ2) is 9.69. The van der Waals surface area contributed by atoms with E-state index in [0.29, 0.717) is 6.54 Å². The number of aliphatic imine (C=N–C) groups is 1. The van der Waals surface area contributed by atoms with Crippen LogP contribution in [-0.4, -0.2) is 70.1 Å². The Morgan fingerprint density at radius 1 is 1.18 bits per heavy atom. The molecular weight excluding hydrogens is 354 g/mol. The predicted octanol–water partition coefficient (Wildman–Crippen LogP) is 1.60. The molecule has 2 aliphatic heterocycles. The van der Waals surface area contributed by atoms with E-state index < -0.39 is 0 Å². The second-order valence-corrected chi connectivity index (χ2v) is 8.62. The van der Waals surface area contributed by atoms with Crippen molar-refractivity contribution < 1.29 is 4.74 Å². The fourth-order valence-corrected chi connectivity index (χ4v) is 3.84. The van der Waals surface area contributed by atoms with Crippen molar-refractivity contribution in [2.45, 2.75) is 71.1 Å². The maximum Gasteiger partial charge on any atom is 0.191 e. The topological polar surface area (TPSA) is 79.6 Å². The molecule has 2 saturated heterocycles. The summed E-state index contributed by atoms with van der Waals surface area (Å²) < 4.78 is 7.73. The summed E-state index contributed by atoms with van der Waals surface area (Å²) in [6.45, 7) is 12.0. The van der Waals surface area contributed by atoms with Crippen LogP contribution in [0.2, 0.25) is 0 Å². The number of nitrogens with one attached hydrogen (secondary N) is 2. The number of aryl methyl sites for hydroxylation is 1. The first-order valence-electron chi connectivity index (χ1n) is 10.7. The van der Waals surface area contributed by atoms with Crippen LogP contribution in [0.5, 0.6) is 0 Å². The first-order chi connectivity index (χ1) is 13.5. The first-order valence-corrected chi connectivity index (χ1v) is 10.7. The van der Waals surface area contributed by atoms with Gasteiger partial charge in [-0.3, -0.25) is 4.90 Å². The molecule has 2 N–H and O–H groups in total. The Hall–Kier alpha value is -1.67. The van der Waals surface area contributed by atoms with Gasteiger partial charge >= 0.3 is 0 Å². The standard InChI is InChI=1S/C20H37N7O/c1-16-24-25-18(26(16)4)14-22-19(21-13-17-9-8-12-28-17)23-15-20(2,3)27-10-6-5-7-11-27/h17H,5-15H2,1-4H3,(H2,21,22,23). The molecule has 1 aromatic rings. The zero-order valence-electron chi connectivity index (χ0n) is 18.0. The number of ether oxygens (including phenoxy) is 1. The molecule has 8 heteroatoms. The molecule has 1 aromatic heterocycles. The van der Waals surface area contributed by atoms with Gasteiger partial charge < -0.3 is 19.9 Å². The number of likely N-dealkylation sites (tertiary alicyclic amines) is 1. The van der Waals surface area contributed by atoms with Gasteiger partial charge in [0.2, 0.25) is 0 Å². The van der Waals surface area contributed by atoms with Crippen LogP contribution in [0, 0.1) is 6.92 Å². The molecule has 0 aromatic carbocycles. The van der Waals surface area contributed by atoms with E-state index in [2.05, 4.69) is 39.6 Å². The monoisotopic (exact) mass is 391 g/mol. The molecule has 0 saturated carbocycles. The summed E-state index contributed by atoms with van der Waals surface area (Å²) in [5.41, 5.74) is 0.0914. The highest BCUT2D eigenvalue weighted by molar-refractivity contribution is 5.79. The van der Waals surface area contributed by atoms with Crippen LogP contribution in [0.15, 0.2) is 4.99 Å². The lowest BCUT2D eigenvalue weighted by Crippen LogP contribution is -2.55. The number of guanidine groups is 1. The van der Waals surface area contributed by atoms with E-state index in [1.54, 1.807) is 0 Å². The molecule has 158 valence electrons. The van der Waals surface area contributed by atoms with Crippen molar-refractivity contribution in [2.24, 2.45) is 12.0 Å². The molecule has 1 atom stereocenters. The fourth-order valence-electron chi connectivity index (χ4n) is 3.84. The smallest absolute Gasteiger partial charge is 0.191 e. The van der Waals surface area contributed by atoms with Gasteiger partial charge in [0.25, 0.3) is 0 Å².